The molecule has 1 N–H and O–H groups in total. The lowest BCUT2D eigenvalue weighted by molar-refractivity contribution is -0.127. The van der Waals surface area contributed by atoms with Gasteiger partial charge in [0.2, 0.25) is 5.91 Å². The predicted molar refractivity (Wildman–Crippen MR) is 100 cm³/mol. The van der Waals surface area contributed by atoms with Crippen LogP contribution in [0.3, 0.4) is 0 Å². The first-order valence-corrected chi connectivity index (χ1v) is 10.2. The lowest BCUT2D eigenvalue weighted by Gasteiger charge is -2.41. The van der Waals surface area contributed by atoms with Crippen molar-refractivity contribution < 1.29 is 23.5 Å². The average molecular weight is 390 g/mol. The molecule has 152 valence electrons. The van der Waals surface area contributed by atoms with Crippen LogP contribution in [-0.4, -0.2) is 54.3 Å². The van der Waals surface area contributed by atoms with Crippen molar-refractivity contribution in [2.24, 2.45) is 0 Å². The highest BCUT2D eigenvalue weighted by atomic mass is 19.1. The maximum absolute atomic E-state index is 13.7. The van der Waals surface area contributed by atoms with E-state index in [-0.39, 0.29) is 30.1 Å². The number of rotatable bonds is 4. The van der Waals surface area contributed by atoms with Gasteiger partial charge in [-0.25, -0.2) is 4.39 Å². The first-order valence-electron chi connectivity index (χ1n) is 10.2. The van der Waals surface area contributed by atoms with Gasteiger partial charge in [0.15, 0.2) is 0 Å². The second kappa shape index (κ2) is 8.17. The maximum atomic E-state index is 13.7. The highest BCUT2D eigenvalue weighted by molar-refractivity contribution is 5.98. The number of nitrogens with zero attached hydrogens (tertiary/aromatic N) is 1. The number of nitrogens with one attached hydrogen (secondary N) is 1. The van der Waals surface area contributed by atoms with Crippen LogP contribution in [0.2, 0.25) is 0 Å². The Morgan fingerprint density at radius 1 is 1.21 bits per heavy atom. The summed E-state index contributed by atoms with van der Waals surface area (Å²) in [4.78, 5) is 27.8. The molecule has 2 aliphatic heterocycles. The summed E-state index contributed by atoms with van der Waals surface area (Å²) in [6, 6.07) is 4.91. The van der Waals surface area contributed by atoms with Gasteiger partial charge in [-0.2, -0.15) is 0 Å². The van der Waals surface area contributed by atoms with Crippen molar-refractivity contribution in [3.05, 3.63) is 35.6 Å². The van der Waals surface area contributed by atoms with E-state index < -0.39 is 17.6 Å². The number of hydrogen-bond donors (Lipinski definition) is 1. The Hall–Kier alpha value is -1.99. The molecular formula is C21H27FN2O4. The van der Waals surface area contributed by atoms with E-state index >= 15 is 0 Å². The molecule has 3 aliphatic rings. The van der Waals surface area contributed by atoms with Crippen LogP contribution in [-0.2, 0) is 14.3 Å². The fraction of sp³-hybridized carbons (Fsp3) is 0.619. The molecule has 2 amide bonds. The molecule has 1 aromatic carbocycles. The molecule has 1 spiro atoms. The molecule has 2 atom stereocenters. The summed E-state index contributed by atoms with van der Waals surface area (Å²) in [6.45, 7) is 1.32. The third-order valence-electron chi connectivity index (χ3n) is 6.02. The maximum Gasteiger partial charge on any atom is 0.256 e. The number of carbonyl (C=O) groups is 2. The number of amides is 2. The standard InChI is InChI=1S/C21H27FN2O4/c22-16-7-4-6-15(12-16)20(26)24-18(14-28-21(24)9-2-1-3-10-21)19(25)23-13-17-8-5-11-27-17/h4,6-7,12,17-18H,1-3,5,8-11,13-14H2,(H,23,25). The molecule has 3 fully saturated rings. The average Bonchev–Trinajstić information content (AvgIpc) is 3.35. The largest absolute Gasteiger partial charge is 0.376 e. The van der Waals surface area contributed by atoms with Crippen molar-refractivity contribution in [1.82, 2.24) is 10.2 Å². The van der Waals surface area contributed by atoms with Gasteiger partial charge in [-0.15, -0.1) is 0 Å². The van der Waals surface area contributed by atoms with Crippen LogP contribution in [0.4, 0.5) is 4.39 Å². The highest BCUT2D eigenvalue weighted by Gasteiger charge is 2.53. The van der Waals surface area contributed by atoms with Gasteiger partial charge < -0.3 is 14.8 Å². The Kier molecular flexibility index (Phi) is 5.64. The Morgan fingerprint density at radius 3 is 2.75 bits per heavy atom. The van der Waals surface area contributed by atoms with E-state index in [1.165, 1.54) is 18.2 Å². The highest BCUT2D eigenvalue weighted by Crippen LogP contribution is 2.41. The fourth-order valence-corrected chi connectivity index (χ4v) is 4.57. The van der Waals surface area contributed by atoms with Gasteiger partial charge in [0.25, 0.3) is 5.91 Å². The quantitative estimate of drug-likeness (QED) is 0.858. The van der Waals surface area contributed by atoms with Crippen molar-refractivity contribution in [2.45, 2.75) is 62.8 Å². The minimum Gasteiger partial charge on any atom is -0.376 e. The Morgan fingerprint density at radius 2 is 2.04 bits per heavy atom. The van der Waals surface area contributed by atoms with Crippen molar-refractivity contribution in [1.29, 1.82) is 0 Å². The van der Waals surface area contributed by atoms with Crippen LogP contribution < -0.4 is 5.32 Å². The minimum absolute atomic E-state index is 0.0299. The topological polar surface area (TPSA) is 67.9 Å². The van der Waals surface area contributed by atoms with E-state index in [1.807, 2.05) is 0 Å². The number of benzene rings is 1. The molecule has 28 heavy (non-hydrogen) atoms. The zero-order chi connectivity index (χ0) is 19.6. The van der Waals surface area contributed by atoms with Crippen molar-refractivity contribution in [3.8, 4) is 0 Å². The Bertz CT molecular complexity index is 729. The van der Waals surface area contributed by atoms with Crippen LogP contribution >= 0.6 is 0 Å². The SMILES string of the molecule is O=C(NCC1CCCO1)C1COC2(CCCCC2)N1C(=O)c1cccc(F)c1. The predicted octanol–water partition coefficient (Wildman–Crippen LogP) is 2.62. The van der Waals surface area contributed by atoms with Crippen LogP contribution in [0.5, 0.6) is 0 Å². The van der Waals surface area contributed by atoms with Gasteiger partial charge >= 0.3 is 0 Å². The molecule has 1 saturated carbocycles. The number of hydrogen-bond acceptors (Lipinski definition) is 4. The van der Waals surface area contributed by atoms with Crippen LogP contribution in [0.1, 0.15) is 55.3 Å². The van der Waals surface area contributed by atoms with Crippen molar-refractivity contribution >= 4 is 11.8 Å². The van der Waals surface area contributed by atoms with E-state index in [0.29, 0.717) is 19.4 Å². The molecule has 0 aromatic heterocycles. The van der Waals surface area contributed by atoms with Gasteiger partial charge in [0.05, 0.1) is 12.7 Å². The molecule has 0 radical (unpaired) electrons. The summed E-state index contributed by atoms with van der Waals surface area (Å²) in [5, 5.41) is 2.92. The van der Waals surface area contributed by atoms with Crippen molar-refractivity contribution in [2.75, 3.05) is 19.8 Å². The van der Waals surface area contributed by atoms with E-state index in [9.17, 15) is 14.0 Å². The normalized spacial score (nSPS) is 26.5. The fourth-order valence-electron chi connectivity index (χ4n) is 4.57. The van der Waals surface area contributed by atoms with Gasteiger partial charge in [0.1, 0.15) is 17.6 Å². The molecule has 2 saturated heterocycles. The van der Waals surface area contributed by atoms with Crippen LogP contribution in [0, 0.1) is 5.82 Å². The lowest BCUT2D eigenvalue weighted by Crippen LogP contribution is -2.56. The molecule has 1 aliphatic carbocycles. The number of carbonyl (C=O) groups excluding carboxylic acids is 2. The molecular weight excluding hydrogens is 363 g/mol. The Labute approximate surface area is 164 Å². The number of halogens is 1. The van der Waals surface area contributed by atoms with E-state index in [4.69, 9.17) is 9.47 Å². The second-order valence-corrected chi connectivity index (χ2v) is 7.90. The molecule has 1 aromatic rings. The van der Waals surface area contributed by atoms with Crippen LogP contribution in [0.15, 0.2) is 24.3 Å². The van der Waals surface area contributed by atoms with Crippen molar-refractivity contribution in [3.63, 3.8) is 0 Å². The third-order valence-corrected chi connectivity index (χ3v) is 6.02. The van der Waals surface area contributed by atoms with Gasteiger partial charge in [-0.3, -0.25) is 14.5 Å². The first kappa shape index (κ1) is 19.3. The van der Waals surface area contributed by atoms with Gasteiger partial charge in [-0.1, -0.05) is 12.5 Å². The molecule has 2 unspecified atom stereocenters. The molecule has 4 rings (SSSR count). The van der Waals surface area contributed by atoms with E-state index in [0.717, 1.165) is 38.7 Å². The molecule has 7 heteroatoms. The van der Waals surface area contributed by atoms with E-state index in [2.05, 4.69) is 5.32 Å². The van der Waals surface area contributed by atoms with Gasteiger partial charge in [0, 0.05) is 18.7 Å². The summed E-state index contributed by atoms with van der Waals surface area (Å²) in [5.74, 6) is -1.05. The summed E-state index contributed by atoms with van der Waals surface area (Å²) in [6.07, 6.45) is 6.32. The Balaban J connectivity index is 1.55. The van der Waals surface area contributed by atoms with Gasteiger partial charge in [-0.05, 0) is 56.7 Å². The zero-order valence-corrected chi connectivity index (χ0v) is 16.0. The monoisotopic (exact) mass is 390 g/mol. The zero-order valence-electron chi connectivity index (χ0n) is 16.0. The number of ether oxygens (including phenoxy) is 2. The summed E-state index contributed by atoms with van der Waals surface area (Å²) < 4.78 is 25.4. The lowest BCUT2D eigenvalue weighted by atomic mass is 9.89. The minimum atomic E-state index is -0.770. The van der Waals surface area contributed by atoms with Crippen LogP contribution in [0.25, 0.3) is 0 Å². The second-order valence-electron chi connectivity index (χ2n) is 7.90. The summed E-state index contributed by atoms with van der Waals surface area (Å²) in [7, 11) is 0. The summed E-state index contributed by atoms with van der Waals surface area (Å²) >= 11 is 0. The third kappa shape index (κ3) is 3.78. The molecule has 6 nitrogen and oxygen atoms in total. The molecule has 2 heterocycles. The van der Waals surface area contributed by atoms with E-state index in [1.54, 1.807) is 11.0 Å². The first-order chi connectivity index (χ1) is 13.6. The summed E-state index contributed by atoms with van der Waals surface area (Å²) in [5.41, 5.74) is -0.527. The smallest absolute Gasteiger partial charge is 0.256 e. The molecule has 0 bridgehead atoms.